The van der Waals surface area contributed by atoms with Crippen LogP contribution in [0.3, 0.4) is 0 Å². The lowest BCUT2D eigenvalue weighted by atomic mass is 10.2. The third-order valence-corrected chi connectivity index (χ3v) is 1.63. The van der Waals surface area contributed by atoms with Crippen molar-refractivity contribution in [3.05, 3.63) is 47.7 Å². The molecule has 1 N–H and O–H groups in total. The number of hydrogen-bond donors (Lipinski definition) is 1. The molecule has 0 radical (unpaired) electrons. The van der Waals surface area contributed by atoms with Crippen molar-refractivity contribution >= 4 is 5.91 Å². The highest BCUT2D eigenvalue weighted by Gasteiger charge is 2.03. The van der Waals surface area contributed by atoms with E-state index in [4.69, 9.17) is 5.26 Å². The van der Waals surface area contributed by atoms with Crippen LogP contribution in [-0.4, -0.2) is 5.91 Å². The molecule has 0 unspecified atom stereocenters. The molecule has 0 aromatic heterocycles. The van der Waals surface area contributed by atoms with Crippen molar-refractivity contribution in [3.8, 4) is 6.07 Å². The molecule has 70 valence electrons. The van der Waals surface area contributed by atoms with Crippen LogP contribution in [0.4, 0.5) is 0 Å². The largest absolute Gasteiger partial charge is 0.325 e. The minimum atomic E-state index is -0.199. The fourth-order valence-corrected chi connectivity index (χ4v) is 0.974. The summed E-state index contributed by atoms with van der Waals surface area (Å²) < 4.78 is 0. The van der Waals surface area contributed by atoms with Crippen LogP contribution in [0.25, 0.3) is 0 Å². The van der Waals surface area contributed by atoms with Gasteiger partial charge in [0.15, 0.2) is 0 Å². The second-order valence-corrected chi connectivity index (χ2v) is 2.78. The smallest absolute Gasteiger partial charge is 0.255 e. The monoisotopic (exact) mass is 186 g/mol. The van der Waals surface area contributed by atoms with E-state index in [1.807, 2.05) is 12.1 Å². The highest BCUT2D eigenvalue weighted by molar-refractivity contribution is 5.95. The lowest BCUT2D eigenvalue weighted by Crippen LogP contribution is -2.20. The van der Waals surface area contributed by atoms with Crippen LogP contribution < -0.4 is 5.32 Å². The van der Waals surface area contributed by atoms with Gasteiger partial charge in [-0.25, -0.2) is 0 Å². The molecule has 3 nitrogen and oxygen atoms in total. The Hall–Kier alpha value is -2.08. The number of rotatable bonds is 2. The maximum atomic E-state index is 11.5. The zero-order valence-corrected chi connectivity index (χ0v) is 7.82. The predicted molar refractivity (Wildman–Crippen MR) is 53.3 cm³/mol. The quantitative estimate of drug-likeness (QED) is 0.716. The number of nitrogens with zero attached hydrogens (tertiary/aromatic N) is 1. The number of amides is 1. The van der Waals surface area contributed by atoms with E-state index in [0.717, 1.165) is 0 Å². The number of allylic oxidation sites excluding steroid dienone is 2. The fraction of sp³-hybridized carbons (Fsp3) is 0.0909. The van der Waals surface area contributed by atoms with Crippen LogP contribution in [-0.2, 0) is 0 Å². The normalized spacial score (nSPS) is 10.4. The van der Waals surface area contributed by atoms with E-state index in [1.54, 1.807) is 31.2 Å². The van der Waals surface area contributed by atoms with E-state index in [9.17, 15) is 4.79 Å². The molecule has 1 aromatic rings. The molecule has 3 heteroatoms. The Labute approximate surface area is 82.7 Å². The maximum absolute atomic E-state index is 11.5. The van der Waals surface area contributed by atoms with Crippen LogP contribution >= 0.6 is 0 Å². The van der Waals surface area contributed by atoms with E-state index < -0.39 is 0 Å². The highest BCUT2D eigenvalue weighted by atomic mass is 16.1. The summed E-state index contributed by atoms with van der Waals surface area (Å²) in [6, 6.07) is 10.7. The average Bonchev–Trinajstić information content (AvgIpc) is 2.19. The Morgan fingerprint density at radius 3 is 2.64 bits per heavy atom. The summed E-state index contributed by atoms with van der Waals surface area (Å²) in [6.07, 6.45) is 1.29. The Bertz CT molecular complexity index is 387. The average molecular weight is 186 g/mol. The number of nitrogens with one attached hydrogen (secondary N) is 1. The van der Waals surface area contributed by atoms with Gasteiger partial charge in [0.1, 0.15) is 0 Å². The van der Waals surface area contributed by atoms with Crippen molar-refractivity contribution in [2.45, 2.75) is 6.92 Å². The van der Waals surface area contributed by atoms with Crippen molar-refractivity contribution in [1.29, 1.82) is 5.26 Å². The van der Waals surface area contributed by atoms with Crippen LogP contribution in [0.1, 0.15) is 17.3 Å². The third-order valence-electron chi connectivity index (χ3n) is 1.63. The van der Waals surface area contributed by atoms with Gasteiger partial charge < -0.3 is 5.32 Å². The molecule has 14 heavy (non-hydrogen) atoms. The second kappa shape index (κ2) is 4.83. The number of hydrogen-bond acceptors (Lipinski definition) is 2. The predicted octanol–water partition coefficient (Wildman–Crippen LogP) is 1.84. The van der Waals surface area contributed by atoms with Gasteiger partial charge in [-0.3, -0.25) is 4.79 Å². The lowest BCUT2D eigenvalue weighted by Gasteiger charge is -2.02. The van der Waals surface area contributed by atoms with Gasteiger partial charge in [-0.15, -0.1) is 0 Å². The van der Waals surface area contributed by atoms with E-state index in [0.29, 0.717) is 11.3 Å². The number of carbonyl (C=O) groups is 1. The first-order valence-corrected chi connectivity index (χ1v) is 4.17. The second-order valence-electron chi connectivity index (χ2n) is 2.78. The molecule has 0 saturated carbocycles. The summed E-state index contributed by atoms with van der Waals surface area (Å²) in [5, 5.41) is 10.9. The minimum absolute atomic E-state index is 0.199. The molecule has 0 saturated heterocycles. The SMILES string of the molecule is C/C(=C/C#N)NC(=O)c1ccccc1. The summed E-state index contributed by atoms with van der Waals surface area (Å²) >= 11 is 0. The number of benzene rings is 1. The van der Waals surface area contributed by atoms with Gasteiger partial charge in [0.05, 0.1) is 6.07 Å². The van der Waals surface area contributed by atoms with Gasteiger partial charge in [-0.2, -0.15) is 5.26 Å². The van der Waals surface area contributed by atoms with Gasteiger partial charge in [-0.05, 0) is 19.1 Å². The molecule has 0 bridgehead atoms. The molecule has 0 atom stereocenters. The first kappa shape index (κ1) is 10.0. The molecule has 0 aliphatic rings. The molecule has 0 aliphatic heterocycles. The summed E-state index contributed by atoms with van der Waals surface area (Å²) in [4.78, 5) is 11.5. The maximum Gasteiger partial charge on any atom is 0.255 e. The Kier molecular flexibility index (Phi) is 3.45. The van der Waals surface area contributed by atoms with Crippen molar-refractivity contribution in [3.63, 3.8) is 0 Å². The molecule has 1 amide bonds. The molecule has 0 fully saturated rings. The Morgan fingerprint density at radius 1 is 1.43 bits per heavy atom. The lowest BCUT2D eigenvalue weighted by molar-refractivity contribution is 0.0966. The zero-order chi connectivity index (χ0) is 10.4. The number of nitriles is 1. The molecule has 1 aromatic carbocycles. The third kappa shape index (κ3) is 2.76. The van der Waals surface area contributed by atoms with Crippen LogP contribution in [0.15, 0.2) is 42.1 Å². The van der Waals surface area contributed by atoms with Gasteiger partial charge in [0, 0.05) is 17.3 Å². The summed E-state index contributed by atoms with van der Waals surface area (Å²) in [7, 11) is 0. The first-order chi connectivity index (χ1) is 6.74. The van der Waals surface area contributed by atoms with E-state index in [2.05, 4.69) is 5.32 Å². The van der Waals surface area contributed by atoms with Crippen LogP contribution in [0, 0.1) is 11.3 Å². The van der Waals surface area contributed by atoms with Gasteiger partial charge >= 0.3 is 0 Å². The van der Waals surface area contributed by atoms with Crippen LogP contribution in [0.5, 0.6) is 0 Å². The van der Waals surface area contributed by atoms with Gasteiger partial charge in [0.2, 0.25) is 0 Å². The van der Waals surface area contributed by atoms with E-state index in [1.165, 1.54) is 6.08 Å². The summed E-state index contributed by atoms with van der Waals surface area (Å²) in [5.74, 6) is -0.199. The molecule has 0 heterocycles. The molecule has 0 aliphatic carbocycles. The fourth-order valence-electron chi connectivity index (χ4n) is 0.974. The van der Waals surface area contributed by atoms with Crippen molar-refractivity contribution in [2.24, 2.45) is 0 Å². The highest BCUT2D eigenvalue weighted by Crippen LogP contribution is 1.99. The number of carbonyl (C=O) groups excluding carboxylic acids is 1. The van der Waals surface area contributed by atoms with E-state index >= 15 is 0 Å². The zero-order valence-electron chi connectivity index (χ0n) is 7.82. The molecule has 0 spiro atoms. The Balaban J connectivity index is 2.70. The van der Waals surface area contributed by atoms with Crippen molar-refractivity contribution in [2.75, 3.05) is 0 Å². The summed E-state index contributed by atoms with van der Waals surface area (Å²) in [6.45, 7) is 1.67. The van der Waals surface area contributed by atoms with Crippen molar-refractivity contribution in [1.82, 2.24) is 5.32 Å². The summed E-state index contributed by atoms with van der Waals surface area (Å²) in [5.41, 5.74) is 1.12. The van der Waals surface area contributed by atoms with Crippen LogP contribution in [0.2, 0.25) is 0 Å². The first-order valence-electron chi connectivity index (χ1n) is 4.17. The Morgan fingerprint density at radius 2 is 2.07 bits per heavy atom. The molecular weight excluding hydrogens is 176 g/mol. The van der Waals surface area contributed by atoms with Gasteiger partial charge in [0.25, 0.3) is 5.91 Å². The van der Waals surface area contributed by atoms with Gasteiger partial charge in [-0.1, -0.05) is 18.2 Å². The molecule has 1 rings (SSSR count). The standard InChI is InChI=1S/C11H10N2O/c1-9(7-8-12)13-11(14)10-5-3-2-4-6-10/h2-7H,1H3,(H,13,14)/b9-7-. The minimum Gasteiger partial charge on any atom is -0.325 e. The van der Waals surface area contributed by atoms with E-state index in [-0.39, 0.29) is 5.91 Å². The molecular formula is C11H10N2O. The topological polar surface area (TPSA) is 52.9 Å². The van der Waals surface area contributed by atoms with Crippen molar-refractivity contribution < 1.29 is 4.79 Å².